The summed E-state index contributed by atoms with van der Waals surface area (Å²) in [6.07, 6.45) is -1.50. The predicted octanol–water partition coefficient (Wildman–Crippen LogP) is 2.38. The van der Waals surface area contributed by atoms with Crippen molar-refractivity contribution in [3.63, 3.8) is 0 Å². The number of hydrogen-bond donors (Lipinski definition) is 0. The minimum absolute atomic E-state index is 0.160. The number of alkyl halides is 3. The smallest absolute Gasteiger partial charge is 0.236 e. The molecule has 0 atom stereocenters. The first kappa shape index (κ1) is 9.52. The van der Waals surface area contributed by atoms with E-state index in [-0.39, 0.29) is 5.52 Å². The standard InChI is InChI=1S/C9H4F3N3/c10-9(11,12)6-1-2-7-8(3-6)15(4-13)5-14-7/h1-3,5H. The van der Waals surface area contributed by atoms with E-state index in [0.29, 0.717) is 5.52 Å². The molecule has 0 unspecified atom stereocenters. The maximum atomic E-state index is 12.3. The highest BCUT2D eigenvalue weighted by molar-refractivity contribution is 5.77. The number of nitriles is 1. The molecule has 0 aliphatic carbocycles. The number of rotatable bonds is 0. The van der Waals surface area contributed by atoms with Gasteiger partial charge in [-0.15, -0.1) is 0 Å². The Hall–Kier alpha value is -2.03. The first-order valence-corrected chi connectivity index (χ1v) is 3.97. The van der Waals surface area contributed by atoms with Crippen LogP contribution in [0.3, 0.4) is 0 Å². The van der Waals surface area contributed by atoms with Crippen molar-refractivity contribution in [1.82, 2.24) is 9.55 Å². The molecule has 6 heteroatoms. The summed E-state index contributed by atoms with van der Waals surface area (Å²) in [5.74, 6) is 0. The lowest BCUT2D eigenvalue weighted by atomic mass is 10.2. The minimum atomic E-state index is -4.40. The van der Waals surface area contributed by atoms with Gasteiger partial charge >= 0.3 is 6.18 Å². The fourth-order valence-corrected chi connectivity index (χ4v) is 1.26. The van der Waals surface area contributed by atoms with Crippen LogP contribution in [0.1, 0.15) is 5.56 Å². The zero-order valence-corrected chi connectivity index (χ0v) is 7.28. The van der Waals surface area contributed by atoms with Crippen LogP contribution in [-0.2, 0) is 6.18 Å². The van der Waals surface area contributed by atoms with Gasteiger partial charge in [-0.25, -0.2) is 9.55 Å². The first-order chi connectivity index (χ1) is 7.02. The zero-order valence-electron chi connectivity index (χ0n) is 7.28. The van der Waals surface area contributed by atoms with Crippen molar-refractivity contribution in [2.45, 2.75) is 6.18 Å². The summed E-state index contributed by atoms with van der Waals surface area (Å²) in [4.78, 5) is 3.79. The van der Waals surface area contributed by atoms with Gasteiger partial charge in [0.2, 0.25) is 0 Å². The Bertz CT molecular complexity index is 548. The average molecular weight is 211 g/mol. The third-order valence-corrected chi connectivity index (χ3v) is 1.98. The number of aromatic nitrogens is 2. The molecule has 0 amide bonds. The van der Waals surface area contributed by atoms with E-state index in [9.17, 15) is 13.2 Å². The number of halogens is 3. The van der Waals surface area contributed by atoms with Crippen molar-refractivity contribution in [1.29, 1.82) is 5.26 Å². The first-order valence-electron chi connectivity index (χ1n) is 3.97. The van der Waals surface area contributed by atoms with E-state index in [0.717, 1.165) is 16.7 Å². The molecule has 76 valence electrons. The highest BCUT2D eigenvalue weighted by atomic mass is 19.4. The molecule has 3 nitrogen and oxygen atoms in total. The molecule has 0 spiro atoms. The van der Waals surface area contributed by atoms with Gasteiger partial charge in [0.25, 0.3) is 0 Å². The highest BCUT2D eigenvalue weighted by Crippen LogP contribution is 2.30. The third-order valence-electron chi connectivity index (χ3n) is 1.98. The minimum Gasteiger partial charge on any atom is -0.236 e. The van der Waals surface area contributed by atoms with Crippen molar-refractivity contribution in [3.05, 3.63) is 30.1 Å². The predicted molar refractivity (Wildman–Crippen MR) is 45.7 cm³/mol. The Kier molecular flexibility index (Phi) is 1.89. The summed E-state index contributed by atoms with van der Waals surface area (Å²) in [5, 5.41) is 8.61. The fourth-order valence-electron chi connectivity index (χ4n) is 1.26. The lowest BCUT2D eigenvalue weighted by molar-refractivity contribution is -0.137. The van der Waals surface area contributed by atoms with E-state index >= 15 is 0 Å². The van der Waals surface area contributed by atoms with Crippen LogP contribution in [0.5, 0.6) is 0 Å². The number of fused-ring (bicyclic) bond motifs is 1. The van der Waals surface area contributed by atoms with Gasteiger partial charge in [-0.1, -0.05) is 0 Å². The molecule has 0 bridgehead atoms. The summed E-state index contributed by atoms with van der Waals surface area (Å²) in [6, 6.07) is 3.09. The van der Waals surface area contributed by atoms with Crippen molar-refractivity contribution in [2.24, 2.45) is 0 Å². The van der Waals surface area contributed by atoms with Gasteiger partial charge in [-0.05, 0) is 18.2 Å². The van der Waals surface area contributed by atoms with Crippen LogP contribution >= 0.6 is 0 Å². The molecule has 0 fully saturated rings. The molecule has 2 aromatic rings. The molecule has 0 radical (unpaired) electrons. The maximum absolute atomic E-state index is 12.3. The number of nitrogens with zero attached hydrogens (tertiary/aromatic N) is 3. The van der Waals surface area contributed by atoms with E-state index < -0.39 is 11.7 Å². The fraction of sp³-hybridized carbons (Fsp3) is 0.111. The van der Waals surface area contributed by atoms with Crippen LogP contribution in [0, 0.1) is 11.5 Å². The highest BCUT2D eigenvalue weighted by Gasteiger charge is 2.30. The monoisotopic (exact) mass is 211 g/mol. The van der Waals surface area contributed by atoms with Gasteiger partial charge in [-0.2, -0.15) is 18.4 Å². The van der Waals surface area contributed by atoms with Gasteiger partial charge < -0.3 is 0 Å². The van der Waals surface area contributed by atoms with Gasteiger partial charge in [0.05, 0.1) is 16.6 Å². The van der Waals surface area contributed by atoms with Gasteiger partial charge in [0.15, 0.2) is 6.19 Å². The Morgan fingerprint density at radius 1 is 1.33 bits per heavy atom. The van der Waals surface area contributed by atoms with E-state index in [1.807, 2.05) is 0 Å². The molecule has 1 aromatic heterocycles. The summed E-state index contributed by atoms with van der Waals surface area (Å²) in [7, 11) is 0. The number of hydrogen-bond acceptors (Lipinski definition) is 2. The molecule has 2 rings (SSSR count). The van der Waals surface area contributed by atoms with E-state index in [2.05, 4.69) is 4.98 Å². The largest absolute Gasteiger partial charge is 0.416 e. The number of imidazole rings is 1. The van der Waals surface area contributed by atoms with Crippen molar-refractivity contribution in [2.75, 3.05) is 0 Å². The normalized spacial score (nSPS) is 11.6. The molecule has 1 heterocycles. The zero-order chi connectivity index (χ0) is 11.1. The van der Waals surface area contributed by atoms with Gasteiger partial charge in [-0.3, -0.25) is 0 Å². The van der Waals surface area contributed by atoms with Crippen molar-refractivity contribution >= 4 is 11.0 Å². The molecule has 0 N–H and O–H groups in total. The second kappa shape index (κ2) is 2.98. The SMILES string of the molecule is N#Cn1cnc2ccc(C(F)(F)F)cc21. The Morgan fingerprint density at radius 2 is 2.07 bits per heavy atom. The lowest BCUT2D eigenvalue weighted by Gasteiger charge is -2.05. The Balaban J connectivity index is 2.69. The maximum Gasteiger partial charge on any atom is 0.416 e. The van der Waals surface area contributed by atoms with Crippen LogP contribution in [0.15, 0.2) is 24.5 Å². The molecule has 0 saturated carbocycles. The summed E-state index contributed by atoms with van der Waals surface area (Å²) < 4.78 is 38.0. The molecule has 0 saturated heterocycles. The average Bonchev–Trinajstić information content (AvgIpc) is 2.57. The van der Waals surface area contributed by atoms with Crippen LogP contribution < -0.4 is 0 Å². The summed E-state index contributed by atoms with van der Waals surface area (Å²) in [5.41, 5.74) is -0.260. The summed E-state index contributed by atoms with van der Waals surface area (Å²) in [6.45, 7) is 0. The number of benzene rings is 1. The van der Waals surface area contributed by atoms with Crippen LogP contribution in [0.25, 0.3) is 11.0 Å². The molecule has 0 aliphatic heterocycles. The molecule has 15 heavy (non-hydrogen) atoms. The van der Waals surface area contributed by atoms with Gasteiger partial charge in [0.1, 0.15) is 6.33 Å². The van der Waals surface area contributed by atoms with E-state index in [1.165, 1.54) is 12.4 Å². The summed E-state index contributed by atoms with van der Waals surface area (Å²) >= 11 is 0. The van der Waals surface area contributed by atoms with E-state index in [1.54, 1.807) is 6.19 Å². The third kappa shape index (κ3) is 1.52. The Labute approximate surface area is 82.4 Å². The topological polar surface area (TPSA) is 41.6 Å². The lowest BCUT2D eigenvalue weighted by Crippen LogP contribution is -2.04. The molecule has 1 aromatic carbocycles. The second-order valence-corrected chi connectivity index (χ2v) is 2.92. The van der Waals surface area contributed by atoms with Crippen LogP contribution in [0.4, 0.5) is 13.2 Å². The van der Waals surface area contributed by atoms with Crippen LogP contribution in [0.2, 0.25) is 0 Å². The Morgan fingerprint density at radius 3 is 2.67 bits per heavy atom. The van der Waals surface area contributed by atoms with Crippen molar-refractivity contribution < 1.29 is 13.2 Å². The van der Waals surface area contributed by atoms with Gasteiger partial charge in [0, 0.05) is 0 Å². The van der Waals surface area contributed by atoms with Crippen LogP contribution in [-0.4, -0.2) is 9.55 Å². The van der Waals surface area contributed by atoms with E-state index in [4.69, 9.17) is 5.26 Å². The molecular weight excluding hydrogens is 207 g/mol. The van der Waals surface area contributed by atoms with Crippen molar-refractivity contribution in [3.8, 4) is 6.19 Å². The second-order valence-electron chi connectivity index (χ2n) is 2.92. The molecule has 0 aliphatic rings. The molecular formula is C9H4F3N3. The quantitative estimate of drug-likeness (QED) is 0.671.